The molecule has 0 aliphatic heterocycles. The predicted octanol–water partition coefficient (Wildman–Crippen LogP) is 3.71. The molecule has 142 valence electrons. The Kier molecular flexibility index (Phi) is 4.90. The van der Waals surface area contributed by atoms with Gasteiger partial charge in [-0.15, -0.1) is 0 Å². The molecule has 2 N–H and O–H groups in total. The van der Waals surface area contributed by atoms with Gasteiger partial charge in [0.25, 0.3) is 0 Å². The Labute approximate surface area is 165 Å². The molecule has 4 rings (SSSR count). The molecular weight excluding hydrogens is 376 g/mol. The highest BCUT2D eigenvalue weighted by atomic mass is 32.1. The summed E-state index contributed by atoms with van der Waals surface area (Å²) in [5.41, 5.74) is 2.61. The first kappa shape index (κ1) is 17.9. The molecule has 0 spiro atoms. The molecule has 8 nitrogen and oxygen atoms in total. The molecule has 0 fully saturated rings. The van der Waals surface area contributed by atoms with Crippen LogP contribution < -0.4 is 4.74 Å². The second-order valence-electron chi connectivity index (χ2n) is 6.14. The van der Waals surface area contributed by atoms with Crippen LogP contribution in [0.1, 0.15) is 22.7 Å². The minimum atomic E-state index is 0.415. The van der Waals surface area contributed by atoms with Crippen LogP contribution in [0.2, 0.25) is 0 Å². The van der Waals surface area contributed by atoms with E-state index in [0.717, 1.165) is 28.3 Å². The van der Waals surface area contributed by atoms with E-state index in [2.05, 4.69) is 25.5 Å². The van der Waals surface area contributed by atoms with Crippen LogP contribution in [0, 0.1) is 11.7 Å². The molecule has 0 aliphatic carbocycles. The van der Waals surface area contributed by atoms with Crippen molar-refractivity contribution in [2.24, 2.45) is 5.10 Å². The summed E-state index contributed by atoms with van der Waals surface area (Å²) in [6, 6.07) is 11.6. The summed E-state index contributed by atoms with van der Waals surface area (Å²) < 4.78 is 12.9. The van der Waals surface area contributed by atoms with Crippen molar-refractivity contribution < 1.29 is 9.15 Å². The van der Waals surface area contributed by atoms with Crippen molar-refractivity contribution in [3.05, 3.63) is 70.1 Å². The number of nitrogens with one attached hydrogen (secondary N) is 2. The Morgan fingerprint density at radius 3 is 2.75 bits per heavy atom. The maximum atomic E-state index is 5.66. The lowest BCUT2D eigenvalue weighted by Gasteiger charge is -2.03. The number of hydrogen-bond donors (Lipinski definition) is 2. The van der Waals surface area contributed by atoms with E-state index in [1.54, 1.807) is 24.2 Å². The van der Waals surface area contributed by atoms with E-state index in [4.69, 9.17) is 21.4 Å². The molecule has 0 saturated heterocycles. The maximum Gasteiger partial charge on any atom is 0.216 e. The Hall–Kier alpha value is -3.46. The third-order valence-corrected chi connectivity index (χ3v) is 4.47. The van der Waals surface area contributed by atoms with E-state index in [1.165, 1.54) is 0 Å². The van der Waals surface area contributed by atoms with E-state index >= 15 is 0 Å². The molecule has 3 heterocycles. The number of aromatic nitrogens is 5. The Bertz CT molecular complexity index is 1170. The SMILES string of the molecule is COc1ccc(Cc2n[nH]c(=S)n2/N=C/c2cn[nH]c2-c2ccc(C)o2)cc1. The van der Waals surface area contributed by atoms with Gasteiger partial charge in [0.1, 0.15) is 17.2 Å². The number of rotatable bonds is 6. The van der Waals surface area contributed by atoms with Crippen LogP contribution in [0.4, 0.5) is 0 Å². The van der Waals surface area contributed by atoms with Gasteiger partial charge in [0, 0.05) is 12.0 Å². The van der Waals surface area contributed by atoms with E-state index in [0.29, 0.717) is 22.8 Å². The van der Waals surface area contributed by atoms with Gasteiger partial charge in [-0.3, -0.25) is 10.2 Å². The number of aryl methyl sites for hydroxylation is 1. The Morgan fingerprint density at radius 2 is 2.04 bits per heavy atom. The first-order chi connectivity index (χ1) is 13.6. The third-order valence-electron chi connectivity index (χ3n) is 4.21. The highest BCUT2D eigenvalue weighted by Gasteiger charge is 2.11. The van der Waals surface area contributed by atoms with Crippen molar-refractivity contribution in [3.8, 4) is 17.2 Å². The monoisotopic (exact) mass is 394 g/mol. The van der Waals surface area contributed by atoms with Gasteiger partial charge in [-0.2, -0.15) is 20.0 Å². The smallest absolute Gasteiger partial charge is 0.216 e. The fourth-order valence-corrected chi connectivity index (χ4v) is 2.96. The van der Waals surface area contributed by atoms with Crippen molar-refractivity contribution in [3.63, 3.8) is 0 Å². The van der Waals surface area contributed by atoms with Gasteiger partial charge in [0.15, 0.2) is 11.6 Å². The fraction of sp³-hybridized carbons (Fsp3) is 0.158. The molecule has 3 aromatic heterocycles. The van der Waals surface area contributed by atoms with Gasteiger partial charge in [0.05, 0.1) is 19.5 Å². The summed E-state index contributed by atoms with van der Waals surface area (Å²) in [6.07, 6.45) is 3.94. The van der Waals surface area contributed by atoms with Crippen molar-refractivity contribution >= 4 is 18.4 Å². The molecule has 28 heavy (non-hydrogen) atoms. The molecule has 1 aromatic carbocycles. The van der Waals surface area contributed by atoms with Crippen LogP contribution in [-0.4, -0.2) is 38.4 Å². The van der Waals surface area contributed by atoms with Crippen molar-refractivity contribution in [1.29, 1.82) is 0 Å². The summed E-state index contributed by atoms with van der Waals surface area (Å²) in [4.78, 5) is 0. The van der Waals surface area contributed by atoms with Gasteiger partial charge in [0.2, 0.25) is 4.77 Å². The molecule has 4 aromatic rings. The zero-order valence-electron chi connectivity index (χ0n) is 15.3. The van der Waals surface area contributed by atoms with Crippen LogP contribution in [0.5, 0.6) is 5.75 Å². The normalized spacial score (nSPS) is 11.4. The lowest BCUT2D eigenvalue weighted by atomic mass is 10.1. The zero-order valence-corrected chi connectivity index (χ0v) is 16.2. The molecule has 0 radical (unpaired) electrons. The molecule has 0 amide bonds. The van der Waals surface area contributed by atoms with Crippen molar-refractivity contribution in [2.45, 2.75) is 13.3 Å². The zero-order chi connectivity index (χ0) is 19.5. The number of H-pyrrole nitrogens is 2. The summed E-state index contributed by atoms with van der Waals surface area (Å²) in [5, 5.41) is 18.6. The van der Waals surface area contributed by atoms with Crippen LogP contribution in [0.3, 0.4) is 0 Å². The average molecular weight is 394 g/mol. The van der Waals surface area contributed by atoms with Gasteiger partial charge in [-0.1, -0.05) is 12.1 Å². The van der Waals surface area contributed by atoms with Crippen LogP contribution in [0.15, 0.2) is 52.1 Å². The van der Waals surface area contributed by atoms with Crippen molar-refractivity contribution in [2.75, 3.05) is 7.11 Å². The fourth-order valence-electron chi connectivity index (χ4n) is 2.76. The average Bonchev–Trinajstić information content (AvgIpc) is 3.42. The summed E-state index contributed by atoms with van der Waals surface area (Å²) in [5.74, 6) is 3.03. The lowest BCUT2D eigenvalue weighted by Crippen LogP contribution is -2.00. The quantitative estimate of drug-likeness (QED) is 0.384. The summed E-state index contributed by atoms with van der Waals surface area (Å²) in [6.45, 7) is 1.89. The topological polar surface area (TPSA) is 97.0 Å². The first-order valence-electron chi connectivity index (χ1n) is 8.58. The second kappa shape index (κ2) is 7.65. The highest BCUT2D eigenvalue weighted by Crippen LogP contribution is 2.22. The number of nitrogens with zero attached hydrogens (tertiary/aromatic N) is 4. The van der Waals surface area contributed by atoms with Gasteiger partial charge in [-0.05, 0) is 49.0 Å². The number of aromatic amines is 2. The predicted molar refractivity (Wildman–Crippen MR) is 107 cm³/mol. The second-order valence-corrected chi connectivity index (χ2v) is 6.52. The molecule has 0 saturated carbocycles. The van der Waals surface area contributed by atoms with Gasteiger partial charge >= 0.3 is 0 Å². The van der Waals surface area contributed by atoms with Crippen molar-refractivity contribution in [1.82, 2.24) is 25.1 Å². The molecular formula is C19H18N6O2S. The van der Waals surface area contributed by atoms with E-state index in [-0.39, 0.29) is 0 Å². The number of hydrogen-bond acceptors (Lipinski definition) is 6. The number of benzene rings is 1. The van der Waals surface area contributed by atoms with E-state index in [1.807, 2.05) is 43.3 Å². The minimum Gasteiger partial charge on any atom is -0.497 e. The van der Waals surface area contributed by atoms with Gasteiger partial charge < -0.3 is 9.15 Å². The first-order valence-corrected chi connectivity index (χ1v) is 8.98. The number of methoxy groups -OCH3 is 1. The molecule has 0 unspecified atom stereocenters. The number of ether oxygens (including phenoxy) is 1. The van der Waals surface area contributed by atoms with Gasteiger partial charge in [-0.25, -0.2) is 0 Å². The third kappa shape index (κ3) is 3.65. The van der Waals surface area contributed by atoms with Crippen LogP contribution >= 0.6 is 12.2 Å². The lowest BCUT2D eigenvalue weighted by molar-refractivity contribution is 0.414. The summed E-state index contributed by atoms with van der Waals surface area (Å²) in [7, 11) is 1.64. The molecule has 0 atom stereocenters. The van der Waals surface area contributed by atoms with E-state index in [9.17, 15) is 0 Å². The minimum absolute atomic E-state index is 0.415. The Balaban J connectivity index is 1.60. The highest BCUT2D eigenvalue weighted by molar-refractivity contribution is 7.71. The molecule has 0 aliphatic rings. The van der Waals surface area contributed by atoms with E-state index < -0.39 is 0 Å². The number of furan rings is 1. The van der Waals surface area contributed by atoms with Crippen LogP contribution in [0.25, 0.3) is 11.5 Å². The standard InChI is InChI=1S/C19H18N6O2S/c1-12-3-8-16(27-12)18-14(10-20-23-18)11-21-25-17(22-24-19(25)28)9-13-4-6-15(26-2)7-5-13/h3-8,10-11H,9H2,1-2H3,(H,20,23)(H,24,28)/b21-11+. The molecule has 0 bridgehead atoms. The van der Waals surface area contributed by atoms with Crippen LogP contribution in [-0.2, 0) is 6.42 Å². The maximum absolute atomic E-state index is 5.66. The molecule has 9 heteroatoms. The largest absolute Gasteiger partial charge is 0.497 e. The Morgan fingerprint density at radius 1 is 1.21 bits per heavy atom. The summed E-state index contributed by atoms with van der Waals surface area (Å²) >= 11 is 5.32.